The highest BCUT2D eigenvalue weighted by atomic mass is 16.1. The number of carbonyl (C=O) groups excluding carboxylic acids is 1. The van der Waals surface area contributed by atoms with Gasteiger partial charge in [0.25, 0.3) is 0 Å². The number of benzene rings is 1. The molecule has 3 heteroatoms. The Balaban J connectivity index is 1.92. The summed E-state index contributed by atoms with van der Waals surface area (Å²) in [4.78, 5) is 15.7. The Bertz CT molecular complexity index is 573. The second kappa shape index (κ2) is 13.1. The molecule has 164 valence electrons. The molecule has 1 fully saturated rings. The number of nitrogens with one attached hydrogen (secondary N) is 1. The van der Waals surface area contributed by atoms with E-state index >= 15 is 0 Å². The van der Waals surface area contributed by atoms with Crippen LogP contribution in [0.25, 0.3) is 0 Å². The number of rotatable bonds is 12. The zero-order valence-corrected chi connectivity index (χ0v) is 19.3. The Morgan fingerprint density at radius 3 is 2.48 bits per heavy atom. The van der Waals surface area contributed by atoms with Crippen LogP contribution in [0, 0.1) is 11.8 Å². The average Bonchev–Trinajstić information content (AvgIpc) is 2.76. The van der Waals surface area contributed by atoms with Crippen molar-refractivity contribution in [3.05, 3.63) is 35.9 Å². The summed E-state index contributed by atoms with van der Waals surface area (Å²) in [6.07, 6.45) is 11.3. The van der Waals surface area contributed by atoms with E-state index in [0.717, 1.165) is 31.8 Å². The van der Waals surface area contributed by atoms with Crippen LogP contribution in [0.1, 0.15) is 97.1 Å². The van der Waals surface area contributed by atoms with Crippen LogP contribution in [0.2, 0.25) is 0 Å². The van der Waals surface area contributed by atoms with Gasteiger partial charge in [-0.3, -0.25) is 4.79 Å². The summed E-state index contributed by atoms with van der Waals surface area (Å²) >= 11 is 0. The van der Waals surface area contributed by atoms with Crippen LogP contribution in [0.5, 0.6) is 0 Å². The largest absolute Gasteiger partial charge is 0.349 e. The van der Waals surface area contributed by atoms with Gasteiger partial charge >= 0.3 is 0 Å². The highest BCUT2D eigenvalue weighted by Crippen LogP contribution is 2.32. The first kappa shape index (κ1) is 23.9. The van der Waals surface area contributed by atoms with E-state index in [0.29, 0.717) is 6.04 Å². The Morgan fingerprint density at radius 1 is 1.10 bits per heavy atom. The van der Waals surface area contributed by atoms with Crippen LogP contribution in [0.3, 0.4) is 0 Å². The van der Waals surface area contributed by atoms with Gasteiger partial charge in [0.15, 0.2) is 0 Å². The number of likely N-dealkylation sites (tertiary alicyclic amines) is 1. The van der Waals surface area contributed by atoms with Gasteiger partial charge in [-0.15, -0.1) is 0 Å². The first-order valence-corrected chi connectivity index (χ1v) is 12.2. The van der Waals surface area contributed by atoms with Crippen LogP contribution in [0.4, 0.5) is 0 Å². The zero-order valence-electron chi connectivity index (χ0n) is 19.3. The lowest BCUT2D eigenvalue weighted by Gasteiger charge is -2.43. The molecular weight excluding hydrogens is 356 g/mol. The van der Waals surface area contributed by atoms with Crippen LogP contribution >= 0.6 is 0 Å². The molecule has 1 heterocycles. The number of amides is 1. The summed E-state index contributed by atoms with van der Waals surface area (Å²) in [6.45, 7) is 11.2. The summed E-state index contributed by atoms with van der Waals surface area (Å²) < 4.78 is 0. The van der Waals surface area contributed by atoms with E-state index in [1.807, 2.05) is 18.2 Å². The molecule has 4 atom stereocenters. The second-order valence-corrected chi connectivity index (χ2v) is 8.93. The lowest BCUT2D eigenvalue weighted by atomic mass is 9.80. The maximum atomic E-state index is 13.0. The molecule has 2 rings (SSSR count). The molecule has 1 aromatic carbocycles. The molecule has 1 aliphatic heterocycles. The van der Waals surface area contributed by atoms with Crippen molar-refractivity contribution in [2.45, 2.75) is 97.6 Å². The number of nitrogens with zero attached hydrogens (tertiary/aromatic N) is 1. The molecule has 29 heavy (non-hydrogen) atoms. The highest BCUT2D eigenvalue weighted by molar-refractivity contribution is 5.79. The van der Waals surface area contributed by atoms with E-state index in [4.69, 9.17) is 0 Å². The maximum absolute atomic E-state index is 13.0. The van der Waals surface area contributed by atoms with E-state index in [1.165, 1.54) is 50.5 Å². The summed E-state index contributed by atoms with van der Waals surface area (Å²) in [7, 11) is 0. The van der Waals surface area contributed by atoms with Crippen LogP contribution in [-0.4, -0.2) is 29.9 Å². The lowest BCUT2D eigenvalue weighted by molar-refractivity contribution is -0.128. The van der Waals surface area contributed by atoms with Gasteiger partial charge in [0.05, 0.1) is 6.04 Å². The third kappa shape index (κ3) is 7.44. The molecule has 0 saturated carbocycles. The summed E-state index contributed by atoms with van der Waals surface area (Å²) in [5.74, 6) is 1.13. The third-order valence-corrected chi connectivity index (χ3v) is 6.94. The van der Waals surface area contributed by atoms with Gasteiger partial charge in [-0.1, -0.05) is 89.6 Å². The molecule has 0 radical (unpaired) electrons. The van der Waals surface area contributed by atoms with Crippen molar-refractivity contribution in [3.8, 4) is 0 Å². The molecular formula is C26H44N2O. The molecule has 1 aliphatic rings. The number of hydrogen-bond donors (Lipinski definition) is 1. The molecule has 1 saturated heterocycles. The fourth-order valence-corrected chi connectivity index (χ4v) is 5.00. The Labute approximate surface area is 179 Å². The Hall–Kier alpha value is -1.35. The third-order valence-electron chi connectivity index (χ3n) is 6.94. The molecule has 0 aliphatic carbocycles. The van der Waals surface area contributed by atoms with Crippen molar-refractivity contribution in [3.63, 3.8) is 0 Å². The van der Waals surface area contributed by atoms with Gasteiger partial charge in [-0.05, 0) is 50.8 Å². The number of carbonyl (C=O) groups is 1. The molecule has 1 N–H and O–H groups in total. The topological polar surface area (TPSA) is 32.3 Å². The van der Waals surface area contributed by atoms with Crippen LogP contribution < -0.4 is 5.32 Å². The lowest BCUT2D eigenvalue weighted by Crippen LogP contribution is -2.49. The average molecular weight is 401 g/mol. The van der Waals surface area contributed by atoms with E-state index < -0.39 is 0 Å². The fraction of sp³-hybridized carbons (Fsp3) is 0.731. The summed E-state index contributed by atoms with van der Waals surface area (Å²) in [5, 5.41) is 3.29. The second-order valence-electron chi connectivity index (χ2n) is 8.93. The van der Waals surface area contributed by atoms with Crippen molar-refractivity contribution in [2.75, 3.05) is 13.1 Å². The SMILES string of the molecule is CCCCCCCC(CC)C1CC(C(=O)NC(C)c2ccccc2)CCN1CC. The monoisotopic (exact) mass is 400 g/mol. The van der Waals surface area contributed by atoms with Crippen molar-refractivity contribution < 1.29 is 4.79 Å². The Morgan fingerprint density at radius 2 is 1.83 bits per heavy atom. The highest BCUT2D eigenvalue weighted by Gasteiger charge is 2.35. The van der Waals surface area contributed by atoms with Gasteiger partial charge in [-0.2, -0.15) is 0 Å². The summed E-state index contributed by atoms with van der Waals surface area (Å²) in [6, 6.07) is 10.9. The molecule has 0 bridgehead atoms. The van der Waals surface area contributed by atoms with Crippen molar-refractivity contribution in [1.29, 1.82) is 0 Å². The molecule has 0 spiro atoms. The smallest absolute Gasteiger partial charge is 0.223 e. The van der Waals surface area contributed by atoms with Gasteiger partial charge in [0, 0.05) is 12.0 Å². The number of piperidine rings is 1. The number of unbranched alkanes of at least 4 members (excludes halogenated alkanes) is 4. The van der Waals surface area contributed by atoms with E-state index in [9.17, 15) is 4.79 Å². The zero-order chi connectivity index (χ0) is 21.1. The van der Waals surface area contributed by atoms with Crippen molar-refractivity contribution in [1.82, 2.24) is 10.2 Å². The minimum absolute atomic E-state index is 0.0758. The first-order valence-electron chi connectivity index (χ1n) is 12.2. The van der Waals surface area contributed by atoms with Gasteiger partial charge in [-0.25, -0.2) is 0 Å². The standard InChI is InChI=1S/C26H44N2O/c1-5-8-9-10-12-15-22(6-2)25-20-24(18-19-28(25)7-3)26(29)27-21(4)23-16-13-11-14-17-23/h11,13-14,16-17,21-22,24-25H,5-10,12,15,18-20H2,1-4H3,(H,27,29). The molecule has 4 unspecified atom stereocenters. The predicted molar refractivity (Wildman–Crippen MR) is 124 cm³/mol. The summed E-state index contributed by atoms with van der Waals surface area (Å²) in [5.41, 5.74) is 1.18. The fourth-order valence-electron chi connectivity index (χ4n) is 5.00. The molecule has 1 aromatic rings. The molecule has 3 nitrogen and oxygen atoms in total. The van der Waals surface area contributed by atoms with Gasteiger partial charge in [0.1, 0.15) is 0 Å². The van der Waals surface area contributed by atoms with Crippen LogP contribution in [-0.2, 0) is 4.79 Å². The van der Waals surface area contributed by atoms with Crippen LogP contribution in [0.15, 0.2) is 30.3 Å². The normalized spacial score (nSPS) is 22.2. The molecule has 1 amide bonds. The Kier molecular flexibility index (Phi) is 10.8. The first-order chi connectivity index (χ1) is 14.1. The minimum Gasteiger partial charge on any atom is -0.349 e. The van der Waals surface area contributed by atoms with Gasteiger partial charge < -0.3 is 10.2 Å². The van der Waals surface area contributed by atoms with E-state index in [2.05, 4.69) is 50.0 Å². The predicted octanol–water partition coefficient (Wildman–Crippen LogP) is 6.35. The van der Waals surface area contributed by atoms with E-state index in [1.54, 1.807) is 0 Å². The quantitative estimate of drug-likeness (QED) is 0.415. The minimum atomic E-state index is 0.0758. The molecule has 0 aromatic heterocycles. The van der Waals surface area contributed by atoms with E-state index in [-0.39, 0.29) is 17.9 Å². The van der Waals surface area contributed by atoms with Crippen molar-refractivity contribution >= 4 is 5.91 Å². The number of hydrogen-bond acceptors (Lipinski definition) is 2. The maximum Gasteiger partial charge on any atom is 0.223 e. The van der Waals surface area contributed by atoms with Crippen molar-refractivity contribution in [2.24, 2.45) is 11.8 Å². The van der Waals surface area contributed by atoms with Gasteiger partial charge in [0.2, 0.25) is 5.91 Å².